The van der Waals surface area contributed by atoms with E-state index in [2.05, 4.69) is 33.4 Å². The van der Waals surface area contributed by atoms with Gasteiger partial charge in [0.25, 0.3) is 0 Å². The second kappa shape index (κ2) is 5.19. The minimum absolute atomic E-state index is 0.525. The van der Waals surface area contributed by atoms with Gasteiger partial charge in [0.2, 0.25) is 0 Å². The third-order valence-electron chi connectivity index (χ3n) is 4.90. The van der Waals surface area contributed by atoms with Crippen LogP contribution in [-0.2, 0) is 0 Å². The van der Waals surface area contributed by atoms with Gasteiger partial charge in [-0.25, -0.2) is 4.98 Å². The molecule has 4 rings (SSSR count). The number of ether oxygens (including phenoxy) is 1. The van der Waals surface area contributed by atoms with Gasteiger partial charge in [-0.15, -0.1) is 0 Å². The molecule has 2 aliphatic rings. The quantitative estimate of drug-likeness (QED) is 0.940. The number of anilines is 1. The first-order valence-corrected chi connectivity index (χ1v) is 7.78. The van der Waals surface area contributed by atoms with Crippen molar-refractivity contribution in [3.63, 3.8) is 0 Å². The van der Waals surface area contributed by atoms with Crippen LogP contribution in [0.5, 0.6) is 5.75 Å². The molecule has 2 fully saturated rings. The van der Waals surface area contributed by atoms with Gasteiger partial charge in [0, 0.05) is 30.2 Å². The molecule has 2 unspecified atom stereocenters. The molecule has 0 bridgehead atoms. The van der Waals surface area contributed by atoms with E-state index in [1.807, 2.05) is 12.3 Å². The summed E-state index contributed by atoms with van der Waals surface area (Å²) in [6.45, 7) is 2.48. The molecule has 2 aromatic rings. The Hall–Kier alpha value is -1.81. The Morgan fingerprint density at radius 3 is 3.10 bits per heavy atom. The molecule has 1 N–H and O–H groups in total. The summed E-state index contributed by atoms with van der Waals surface area (Å²) < 4.78 is 5.35. The Labute approximate surface area is 125 Å². The molecule has 21 heavy (non-hydrogen) atoms. The Bertz CT molecular complexity index is 658. The van der Waals surface area contributed by atoms with Gasteiger partial charge in [-0.3, -0.25) is 4.90 Å². The summed E-state index contributed by atoms with van der Waals surface area (Å²) in [7, 11) is 1.71. The molecule has 0 radical (unpaired) electrons. The van der Waals surface area contributed by atoms with Crippen LogP contribution in [0.2, 0.25) is 0 Å². The summed E-state index contributed by atoms with van der Waals surface area (Å²) in [5, 5.41) is 6.05. The van der Waals surface area contributed by atoms with Crippen LogP contribution < -0.4 is 10.1 Å². The van der Waals surface area contributed by atoms with Crippen molar-refractivity contribution in [1.82, 2.24) is 9.88 Å². The van der Waals surface area contributed by atoms with Crippen LogP contribution in [0.3, 0.4) is 0 Å². The number of benzene rings is 1. The van der Waals surface area contributed by atoms with E-state index < -0.39 is 0 Å². The number of methoxy groups -OCH3 is 1. The van der Waals surface area contributed by atoms with Crippen LogP contribution in [0, 0.1) is 0 Å². The fourth-order valence-electron chi connectivity index (χ4n) is 3.82. The minimum Gasteiger partial charge on any atom is -0.497 e. The molecule has 0 saturated carbocycles. The molecule has 2 saturated heterocycles. The molecule has 1 aromatic heterocycles. The summed E-state index contributed by atoms with van der Waals surface area (Å²) in [6, 6.07) is 9.44. The maximum Gasteiger partial charge on any atom is 0.134 e. The molecular weight excluding hydrogens is 262 g/mol. The second-order valence-electron chi connectivity index (χ2n) is 6.03. The zero-order valence-electron chi connectivity index (χ0n) is 12.4. The van der Waals surface area contributed by atoms with Crippen molar-refractivity contribution in [2.24, 2.45) is 0 Å². The monoisotopic (exact) mass is 283 g/mol. The molecule has 0 amide bonds. The summed E-state index contributed by atoms with van der Waals surface area (Å²) in [4.78, 5) is 7.19. The number of pyridine rings is 1. The Morgan fingerprint density at radius 2 is 2.19 bits per heavy atom. The number of fused-ring (bicyclic) bond motifs is 2. The summed E-state index contributed by atoms with van der Waals surface area (Å²) in [5.41, 5.74) is 0. The van der Waals surface area contributed by atoms with Crippen molar-refractivity contribution in [3.8, 4) is 5.75 Å². The normalized spacial score (nSPS) is 25.2. The number of rotatable bonds is 3. The molecule has 2 aliphatic heterocycles. The van der Waals surface area contributed by atoms with Crippen LogP contribution >= 0.6 is 0 Å². The average Bonchev–Trinajstić information content (AvgIpc) is 3.12. The number of nitrogens with zero attached hydrogens (tertiary/aromatic N) is 2. The predicted octanol–water partition coefficient (Wildman–Crippen LogP) is 2.89. The zero-order valence-corrected chi connectivity index (χ0v) is 12.4. The lowest BCUT2D eigenvalue weighted by molar-refractivity contribution is 0.318. The fraction of sp³-hybridized carbons (Fsp3) is 0.471. The summed E-state index contributed by atoms with van der Waals surface area (Å²) >= 11 is 0. The molecular formula is C17H21N3O. The lowest BCUT2D eigenvalue weighted by Crippen LogP contribution is -2.34. The number of hydrogen-bond acceptors (Lipinski definition) is 4. The summed E-state index contributed by atoms with van der Waals surface area (Å²) in [6.07, 6.45) is 5.75. The predicted molar refractivity (Wildman–Crippen MR) is 84.9 cm³/mol. The highest BCUT2D eigenvalue weighted by molar-refractivity contribution is 5.92. The van der Waals surface area contributed by atoms with E-state index >= 15 is 0 Å². The van der Waals surface area contributed by atoms with E-state index in [0.717, 1.165) is 17.0 Å². The van der Waals surface area contributed by atoms with E-state index in [-0.39, 0.29) is 0 Å². The molecule has 0 aliphatic carbocycles. The van der Waals surface area contributed by atoms with Crippen molar-refractivity contribution in [3.05, 3.63) is 30.5 Å². The molecule has 3 heterocycles. The van der Waals surface area contributed by atoms with Gasteiger partial charge in [0.05, 0.1) is 7.11 Å². The van der Waals surface area contributed by atoms with Crippen LogP contribution in [0.4, 0.5) is 5.82 Å². The van der Waals surface area contributed by atoms with Gasteiger partial charge in [-0.05, 0) is 49.4 Å². The molecule has 0 spiro atoms. The highest BCUT2D eigenvalue weighted by Crippen LogP contribution is 2.32. The van der Waals surface area contributed by atoms with Gasteiger partial charge in [-0.2, -0.15) is 0 Å². The lowest BCUT2D eigenvalue weighted by Gasteiger charge is -2.22. The number of hydrogen-bond donors (Lipinski definition) is 1. The van der Waals surface area contributed by atoms with Gasteiger partial charge in [0.15, 0.2) is 0 Å². The van der Waals surface area contributed by atoms with E-state index in [9.17, 15) is 0 Å². The standard InChI is InChI=1S/C17H21N3O/c1-21-13-5-4-12-6-8-18-17(14(12)11-13)19-15-7-10-20-9-2-3-16(15)20/h4-6,8,11,15-16H,2-3,7,9-10H2,1H3,(H,18,19). The van der Waals surface area contributed by atoms with Crippen molar-refractivity contribution in [2.45, 2.75) is 31.3 Å². The van der Waals surface area contributed by atoms with Crippen molar-refractivity contribution in [1.29, 1.82) is 0 Å². The van der Waals surface area contributed by atoms with Gasteiger partial charge in [0.1, 0.15) is 11.6 Å². The topological polar surface area (TPSA) is 37.4 Å². The van der Waals surface area contributed by atoms with E-state index in [0.29, 0.717) is 12.1 Å². The van der Waals surface area contributed by atoms with Crippen molar-refractivity contribution in [2.75, 3.05) is 25.5 Å². The molecule has 4 heteroatoms. The number of aromatic nitrogens is 1. The van der Waals surface area contributed by atoms with Crippen LogP contribution in [0.1, 0.15) is 19.3 Å². The van der Waals surface area contributed by atoms with Crippen molar-refractivity contribution >= 4 is 16.6 Å². The first-order chi connectivity index (χ1) is 10.3. The maximum absolute atomic E-state index is 5.35. The van der Waals surface area contributed by atoms with E-state index in [1.54, 1.807) is 7.11 Å². The number of nitrogens with one attached hydrogen (secondary N) is 1. The minimum atomic E-state index is 0.525. The third-order valence-corrected chi connectivity index (χ3v) is 4.90. The Morgan fingerprint density at radius 1 is 1.24 bits per heavy atom. The second-order valence-corrected chi connectivity index (χ2v) is 6.03. The average molecular weight is 283 g/mol. The first kappa shape index (κ1) is 12.9. The SMILES string of the molecule is COc1ccc2ccnc(NC3CCN4CCCC34)c2c1. The lowest BCUT2D eigenvalue weighted by atomic mass is 10.1. The van der Waals surface area contributed by atoms with Gasteiger partial charge < -0.3 is 10.1 Å². The van der Waals surface area contributed by atoms with Gasteiger partial charge >= 0.3 is 0 Å². The maximum atomic E-state index is 5.35. The third kappa shape index (κ3) is 2.23. The molecule has 2 atom stereocenters. The molecule has 4 nitrogen and oxygen atoms in total. The highest BCUT2D eigenvalue weighted by Gasteiger charge is 2.37. The van der Waals surface area contributed by atoms with Crippen LogP contribution in [0.25, 0.3) is 10.8 Å². The summed E-state index contributed by atoms with van der Waals surface area (Å²) in [5.74, 6) is 1.87. The van der Waals surface area contributed by atoms with Crippen molar-refractivity contribution < 1.29 is 4.74 Å². The van der Waals surface area contributed by atoms with Gasteiger partial charge in [-0.1, -0.05) is 6.07 Å². The largest absolute Gasteiger partial charge is 0.497 e. The fourth-order valence-corrected chi connectivity index (χ4v) is 3.82. The zero-order chi connectivity index (χ0) is 14.2. The first-order valence-electron chi connectivity index (χ1n) is 7.78. The van der Waals surface area contributed by atoms with E-state index in [1.165, 1.54) is 37.7 Å². The van der Waals surface area contributed by atoms with E-state index in [4.69, 9.17) is 4.74 Å². The Kier molecular flexibility index (Phi) is 3.19. The molecule has 110 valence electrons. The Balaban J connectivity index is 1.66. The highest BCUT2D eigenvalue weighted by atomic mass is 16.5. The van der Waals surface area contributed by atoms with Crippen LogP contribution in [-0.4, -0.2) is 42.2 Å². The smallest absolute Gasteiger partial charge is 0.134 e. The molecule has 1 aromatic carbocycles. The van der Waals surface area contributed by atoms with Crippen LogP contribution in [0.15, 0.2) is 30.5 Å².